The Balaban J connectivity index is 2.08. The molecule has 3 heteroatoms. The van der Waals surface area contributed by atoms with Crippen molar-refractivity contribution in [1.82, 2.24) is 4.90 Å². The quantitative estimate of drug-likeness (QED) is 0.766. The maximum Gasteiger partial charge on any atom is 0.253 e. The lowest BCUT2D eigenvalue weighted by atomic mass is 9.95. The Kier molecular flexibility index (Phi) is 4.28. The van der Waals surface area contributed by atoms with E-state index in [2.05, 4.69) is 13.8 Å². The van der Waals surface area contributed by atoms with Crippen LogP contribution < -0.4 is 0 Å². The van der Waals surface area contributed by atoms with Crippen LogP contribution in [0.4, 0.5) is 0 Å². The van der Waals surface area contributed by atoms with Crippen molar-refractivity contribution in [2.24, 2.45) is 11.8 Å². The Hall–Kier alpha value is -1.02. The van der Waals surface area contributed by atoms with Gasteiger partial charge in [0.05, 0.1) is 0 Å². The molecule has 1 aliphatic rings. The molecule has 2 nitrogen and oxygen atoms in total. The Labute approximate surface area is 114 Å². The van der Waals surface area contributed by atoms with E-state index < -0.39 is 0 Å². The molecule has 0 aromatic heterocycles. The van der Waals surface area contributed by atoms with Crippen LogP contribution in [0.3, 0.4) is 0 Å². The molecular weight excluding hydrogens is 246 g/mol. The van der Waals surface area contributed by atoms with E-state index in [9.17, 15) is 4.79 Å². The molecule has 1 aromatic carbocycles. The van der Waals surface area contributed by atoms with Crippen LogP contribution >= 0.6 is 11.6 Å². The Morgan fingerprint density at radius 1 is 1.50 bits per heavy atom. The van der Waals surface area contributed by atoms with E-state index in [1.807, 2.05) is 29.2 Å². The molecule has 1 fully saturated rings. The minimum Gasteiger partial charge on any atom is -0.338 e. The summed E-state index contributed by atoms with van der Waals surface area (Å²) in [5.74, 6) is 1.89. The summed E-state index contributed by atoms with van der Waals surface area (Å²) in [6.45, 7) is 6.23. The number of nitrogens with zero attached hydrogens (tertiary/aromatic N) is 1. The van der Waals surface area contributed by atoms with Crippen LogP contribution in [-0.4, -0.2) is 23.9 Å². The summed E-state index contributed by atoms with van der Waals surface area (Å²) in [6, 6.07) is 7.63. The minimum absolute atomic E-state index is 0.144. The second-order valence-electron chi connectivity index (χ2n) is 5.38. The van der Waals surface area contributed by atoms with Crippen molar-refractivity contribution in [3.8, 4) is 0 Å². The molecule has 1 amide bonds. The van der Waals surface area contributed by atoms with E-state index in [1.165, 1.54) is 0 Å². The van der Waals surface area contributed by atoms with Crippen molar-refractivity contribution in [3.05, 3.63) is 35.4 Å². The van der Waals surface area contributed by atoms with Crippen molar-refractivity contribution >= 4 is 17.5 Å². The van der Waals surface area contributed by atoms with E-state index in [0.717, 1.165) is 30.6 Å². The largest absolute Gasteiger partial charge is 0.338 e. The summed E-state index contributed by atoms with van der Waals surface area (Å²) in [7, 11) is 0. The maximum atomic E-state index is 12.4. The van der Waals surface area contributed by atoms with Gasteiger partial charge in [0.2, 0.25) is 0 Å². The monoisotopic (exact) mass is 265 g/mol. The fraction of sp³-hybridized carbons (Fsp3) is 0.533. The molecular formula is C15H20ClNO. The molecule has 0 spiro atoms. The second-order valence-corrected chi connectivity index (χ2v) is 5.65. The lowest BCUT2D eigenvalue weighted by Crippen LogP contribution is -2.29. The molecule has 98 valence electrons. The molecule has 0 saturated carbocycles. The van der Waals surface area contributed by atoms with Gasteiger partial charge in [-0.3, -0.25) is 4.79 Å². The summed E-state index contributed by atoms with van der Waals surface area (Å²) in [6.07, 6.45) is 1.12. The zero-order valence-corrected chi connectivity index (χ0v) is 11.8. The van der Waals surface area contributed by atoms with E-state index >= 15 is 0 Å². The van der Waals surface area contributed by atoms with Gasteiger partial charge in [0, 0.05) is 24.5 Å². The van der Waals surface area contributed by atoms with Crippen LogP contribution in [-0.2, 0) is 5.88 Å². The normalized spacial score (nSPS) is 19.6. The summed E-state index contributed by atoms with van der Waals surface area (Å²) >= 11 is 5.80. The molecule has 18 heavy (non-hydrogen) atoms. The highest BCUT2D eigenvalue weighted by Gasteiger charge is 2.28. The van der Waals surface area contributed by atoms with Gasteiger partial charge in [0.25, 0.3) is 5.91 Å². The van der Waals surface area contributed by atoms with Gasteiger partial charge in [-0.15, -0.1) is 11.6 Å². The van der Waals surface area contributed by atoms with Crippen molar-refractivity contribution < 1.29 is 4.79 Å². The van der Waals surface area contributed by atoms with Crippen molar-refractivity contribution in [3.63, 3.8) is 0 Å². The van der Waals surface area contributed by atoms with E-state index in [4.69, 9.17) is 11.6 Å². The predicted octanol–water partition coefficient (Wildman–Crippen LogP) is 3.54. The smallest absolute Gasteiger partial charge is 0.253 e. The molecule has 2 rings (SSSR count). The molecule has 0 radical (unpaired) electrons. The third-order valence-electron chi connectivity index (χ3n) is 3.78. The summed E-state index contributed by atoms with van der Waals surface area (Å²) in [5.41, 5.74) is 1.76. The van der Waals surface area contributed by atoms with Crippen LogP contribution in [0.15, 0.2) is 24.3 Å². The number of benzene rings is 1. The molecule has 1 aliphatic heterocycles. The first-order valence-electron chi connectivity index (χ1n) is 6.56. The standard InChI is InChI=1S/C15H20ClNO/c1-11(2)14-6-7-17(10-14)15(18)13-5-3-4-12(8-13)9-16/h3-5,8,11,14H,6-7,9-10H2,1-2H3. The number of hydrogen-bond acceptors (Lipinski definition) is 1. The van der Waals surface area contributed by atoms with Crippen LogP contribution in [0.2, 0.25) is 0 Å². The molecule has 0 N–H and O–H groups in total. The zero-order chi connectivity index (χ0) is 13.1. The predicted molar refractivity (Wildman–Crippen MR) is 74.8 cm³/mol. The second kappa shape index (κ2) is 5.75. The van der Waals surface area contributed by atoms with Gasteiger partial charge >= 0.3 is 0 Å². The van der Waals surface area contributed by atoms with Gasteiger partial charge in [-0.25, -0.2) is 0 Å². The third-order valence-corrected chi connectivity index (χ3v) is 4.09. The van der Waals surface area contributed by atoms with Gasteiger partial charge in [-0.05, 0) is 36.0 Å². The molecule has 1 heterocycles. The number of carbonyl (C=O) groups excluding carboxylic acids is 1. The van der Waals surface area contributed by atoms with Crippen molar-refractivity contribution in [2.75, 3.05) is 13.1 Å². The fourth-order valence-corrected chi connectivity index (χ4v) is 2.65. The summed E-state index contributed by atoms with van der Waals surface area (Å²) in [5, 5.41) is 0. The number of hydrogen-bond donors (Lipinski definition) is 0. The number of alkyl halides is 1. The van der Waals surface area contributed by atoms with Gasteiger partial charge in [-0.1, -0.05) is 26.0 Å². The van der Waals surface area contributed by atoms with E-state index in [1.54, 1.807) is 0 Å². The average Bonchev–Trinajstić information content (AvgIpc) is 2.87. The molecule has 1 atom stereocenters. The number of likely N-dealkylation sites (tertiary alicyclic amines) is 1. The van der Waals surface area contributed by atoms with Gasteiger partial charge in [-0.2, -0.15) is 0 Å². The van der Waals surface area contributed by atoms with Crippen molar-refractivity contribution in [1.29, 1.82) is 0 Å². The summed E-state index contributed by atoms with van der Waals surface area (Å²) in [4.78, 5) is 14.3. The van der Waals surface area contributed by atoms with Crippen molar-refractivity contribution in [2.45, 2.75) is 26.1 Å². The molecule has 0 bridgehead atoms. The van der Waals surface area contributed by atoms with Crippen LogP contribution in [0.1, 0.15) is 36.2 Å². The van der Waals surface area contributed by atoms with E-state index in [0.29, 0.717) is 17.7 Å². The van der Waals surface area contributed by atoms with Crippen LogP contribution in [0.25, 0.3) is 0 Å². The lowest BCUT2D eigenvalue weighted by molar-refractivity contribution is 0.0784. The highest BCUT2D eigenvalue weighted by Crippen LogP contribution is 2.25. The van der Waals surface area contributed by atoms with Crippen LogP contribution in [0, 0.1) is 11.8 Å². The SMILES string of the molecule is CC(C)C1CCN(C(=O)c2cccc(CCl)c2)C1. The Morgan fingerprint density at radius 3 is 2.89 bits per heavy atom. The highest BCUT2D eigenvalue weighted by molar-refractivity contribution is 6.17. The number of amides is 1. The topological polar surface area (TPSA) is 20.3 Å². The molecule has 1 unspecified atom stereocenters. The Morgan fingerprint density at radius 2 is 2.28 bits per heavy atom. The number of rotatable bonds is 3. The third kappa shape index (κ3) is 2.86. The lowest BCUT2D eigenvalue weighted by Gasteiger charge is -2.18. The van der Waals surface area contributed by atoms with E-state index in [-0.39, 0.29) is 5.91 Å². The highest BCUT2D eigenvalue weighted by atomic mass is 35.5. The van der Waals surface area contributed by atoms with Gasteiger partial charge in [0.15, 0.2) is 0 Å². The first-order chi connectivity index (χ1) is 8.61. The average molecular weight is 266 g/mol. The Bertz CT molecular complexity index is 430. The zero-order valence-electron chi connectivity index (χ0n) is 11.0. The van der Waals surface area contributed by atoms with Gasteiger partial charge in [0.1, 0.15) is 0 Å². The fourth-order valence-electron chi connectivity index (χ4n) is 2.49. The molecule has 1 saturated heterocycles. The summed E-state index contributed by atoms with van der Waals surface area (Å²) < 4.78 is 0. The first-order valence-corrected chi connectivity index (χ1v) is 7.09. The van der Waals surface area contributed by atoms with Crippen LogP contribution in [0.5, 0.6) is 0 Å². The minimum atomic E-state index is 0.144. The molecule has 0 aliphatic carbocycles. The molecule has 1 aromatic rings. The van der Waals surface area contributed by atoms with Gasteiger partial charge < -0.3 is 4.90 Å². The maximum absolute atomic E-state index is 12.4. The number of carbonyl (C=O) groups is 1. The number of halogens is 1. The first kappa shape index (κ1) is 13.4.